The molecule has 3 aromatic rings. The van der Waals surface area contributed by atoms with Crippen molar-refractivity contribution in [3.8, 4) is 11.3 Å². The van der Waals surface area contributed by atoms with Gasteiger partial charge in [0.05, 0.1) is 24.4 Å². The molecule has 6 rings (SSSR count). The van der Waals surface area contributed by atoms with Crippen LogP contribution in [0.5, 0.6) is 0 Å². The van der Waals surface area contributed by atoms with E-state index in [4.69, 9.17) is 9.72 Å². The van der Waals surface area contributed by atoms with Crippen LogP contribution < -0.4 is 15.1 Å². The molecule has 7 nitrogen and oxygen atoms in total. The Labute approximate surface area is 176 Å². The van der Waals surface area contributed by atoms with Crippen LogP contribution in [0.15, 0.2) is 42.7 Å². The molecule has 5 heterocycles. The second-order valence-electron chi connectivity index (χ2n) is 8.37. The van der Waals surface area contributed by atoms with Crippen LogP contribution in [0, 0.1) is 5.92 Å². The second kappa shape index (κ2) is 7.49. The van der Waals surface area contributed by atoms with Crippen LogP contribution in [0.3, 0.4) is 0 Å². The number of pyridine rings is 1. The molecule has 2 unspecified atom stereocenters. The first-order valence-electron chi connectivity index (χ1n) is 10.9. The number of rotatable bonds is 3. The van der Waals surface area contributed by atoms with Crippen molar-refractivity contribution >= 4 is 22.5 Å². The molecule has 0 saturated carbocycles. The Morgan fingerprint density at radius 3 is 2.67 bits per heavy atom. The monoisotopic (exact) mass is 402 g/mol. The molecular formula is C23H26N6O. The fourth-order valence-corrected chi connectivity index (χ4v) is 5.08. The summed E-state index contributed by atoms with van der Waals surface area (Å²) in [4.78, 5) is 19.2. The lowest BCUT2D eigenvalue weighted by molar-refractivity contribution is 0.122. The van der Waals surface area contributed by atoms with Gasteiger partial charge in [-0.1, -0.05) is 12.1 Å². The topological polar surface area (TPSA) is 66.4 Å². The second-order valence-corrected chi connectivity index (χ2v) is 8.37. The summed E-state index contributed by atoms with van der Waals surface area (Å²) in [5, 5.41) is 3.54. The van der Waals surface area contributed by atoms with Gasteiger partial charge >= 0.3 is 0 Å². The van der Waals surface area contributed by atoms with E-state index in [-0.39, 0.29) is 0 Å². The number of aromatic nitrogens is 3. The fraction of sp³-hybridized carbons (Fsp3) is 0.435. The summed E-state index contributed by atoms with van der Waals surface area (Å²) in [6.45, 7) is 6.64. The van der Waals surface area contributed by atoms with Crippen LogP contribution in [0.2, 0.25) is 0 Å². The molecular weight excluding hydrogens is 376 g/mol. The normalized spacial score (nSPS) is 23.9. The summed E-state index contributed by atoms with van der Waals surface area (Å²) < 4.78 is 5.47. The van der Waals surface area contributed by atoms with Gasteiger partial charge in [-0.05, 0) is 30.5 Å². The smallest absolute Gasteiger partial charge is 0.157 e. The summed E-state index contributed by atoms with van der Waals surface area (Å²) in [5.41, 5.74) is 5.12. The average molecular weight is 403 g/mol. The van der Waals surface area contributed by atoms with Gasteiger partial charge in [-0.3, -0.25) is 4.98 Å². The van der Waals surface area contributed by atoms with E-state index in [2.05, 4.69) is 55.4 Å². The third kappa shape index (κ3) is 3.09. The van der Waals surface area contributed by atoms with Gasteiger partial charge in [0.1, 0.15) is 5.52 Å². The molecule has 0 aliphatic carbocycles. The van der Waals surface area contributed by atoms with Crippen molar-refractivity contribution in [3.05, 3.63) is 42.7 Å². The highest BCUT2D eigenvalue weighted by atomic mass is 16.5. The lowest BCUT2D eigenvalue weighted by Gasteiger charge is -2.29. The van der Waals surface area contributed by atoms with Gasteiger partial charge in [0.25, 0.3) is 0 Å². The van der Waals surface area contributed by atoms with Crippen molar-refractivity contribution in [2.45, 2.75) is 12.5 Å². The molecule has 1 aromatic carbocycles. The van der Waals surface area contributed by atoms with Crippen LogP contribution in [0.4, 0.5) is 11.5 Å². The van der Waals surface area contributed by atoms with Gasteiger partial charge in [-0.2, -0.15) is 0 Å². The Bertz CT molecular complexity index is 1050. The molecule has 3 saturated heterocycles. The van der Waals surface area contributed by atoms with Crippen LogP contribution in [-0.4, -0.2) is 66.9 Å². The minimum atomic E-state index is 0.502. The maximum atomic E-state index is 5.47. The molecule has 2 atom stereocenters. The predicted octanol–water partition coefficient (Wildman–Crippen LogP) is 2.33. The summed E-state index contributed by atoms with van der Waals surface area (Å²) in [6, 6.07) is 11.3. The maximum Gasteiger partial charge on any atom is 0.157 e. The van der Waals surface area contributed by atoms with E-state index in [0.717, 1.165) is 74.0 Å². The van der Waals surface area contributed by atoms with Crippen LogP contribution in [-0.2, 0) is 4.74 Å². The summed E-state index contributed by atoms with van der Waals surface area (Å²) in [5.74, 6) is 1.68. The largest absolute Gasteiger partial charge is 0.378 e. The highest BCUT2D eigenvalue weighted by molar-refractivity contribution is 5.89. The first kappa shape index (κ1) is 18.0. The molecule has 0 radical (unpaired) electrons. The molecule has 3 aliphatic rings. The highest BCUT2D eigenvalue weighted by Crippen LogP contribution is 2.35. The van der Waals surface area contributed by atoms with Gasteiger partial charge < -0.3 is 19.9 Å². The average Bonchev–Trinajstić information content (AvgIpc) is 3.43. The van der Waals surface area contributed by atoms with Crippen LogP contribution >= 0.6 is 0 Å². The standard InChI is InChI=1S/C23H26N6O/c1-3-18(28-9-11-30-12-10-28)4-2-16(1)19-13-20-22(26-7-6-25-20)23(27-19)29-8-5-17-14-24-15-21(17)29/h1-4,6-7,13,17,21,24H,5,8-12,14-15H2. The Hall–Kier alpha value is -2.77. The SMILES string of the molecule is c1cnc2c(N3CCC4CNCC43)nc(-c3ccc(N4CCOCC4)cc3)cc2n1. The molecule has 0 spiro atoms. The van der Waals surface area contributed by atoms with E-state index >= 15 is 0 Å². The van der Waals surface area contributed by atoms with Gasteiger partial charge in [0, 0.05) is 62.4 Å². The van der Waals surface area contributed by atoms with Gasteiger partial charge in [-0.25, -0.2) is 9.97 Å². The Morgan fingerprint density at radius 2 is 1.80 bits per heavy atom. The zero-order chi connectivity index (χ0) is 19.9. The van der Waals surface area contributed by atoms with E-state index in [1.165, 1.54) is 12.1 Å². The lowest BCUT2D eigenvalue weighted by Crippen LogP contribution is -2.36. The zero-order valence-corrected chi connectivity index (χ0v) is 17.0. The van der Waals surface area contributed by atoms with E-state index in [1.807, 2.05) is 0 Å². The quantitative estimate of drug-likeness (QED) is 0.721. The first-order valence-corrected chi connectivity index (χ1v) is 10.9. The number of benzene rings is 1. The number of fused-ring (bicyclic) bond motifs is 2. The fourth-order valence-electron chi connectivity index (χ4n) is 5.08. The predicted molar refractivity (Wildman–Crippen MR) is 118 cm³/mol. The summed E-state index contributed by atoms with van der Waals surface area (Å²) >= 11 is 0. The van der Waals surface area contributed by atoms with Crippen molar-refractivity contribution in [1.29, 1.82) is 0 Å². The van der Waals surface area contributed by atoms with Gasteiger partial charge in [0.2, 0.25) is 0 Å². The minimum absolute atomic E-state index is 0.502. The number of ether oxygens (including phenoxy) is 1. The third-order valence-corrected chi connectivity index (χ3v) is 6.69. The molecule has 7 heteroatoms. The van der Waals surface area contributed by atoms with E-state index in [0.29, 0.717) is 12.0 Å². The Balaban J connectivity index is 1.38. The number of hydrogen-bond acceptors (Lipinski definition) is 7. The molecule has 0 amide bonds. The van der Waals surface area contributed by atoms with Crippen molar-refractivity contribution in [2.75, 3.05) is 55.7 Å². The van der Waals surface area contributed by atoms with Gasteiger partial charge in [-0.15, -0.1) is 0 Å². The number of anilines is 2. The van der Waals surface area contributed by atoms with Crippen molar-refractivity contribution in [3.63, 3.8) is 0 Å². The van der Waals surface area contributed by atoms with E-state index in [9.17, 15) is 0 Å². The number of hydrogen-bond donors (Lipinski definition) is 1. The molecule has 3 fully saturated rings. The van der Waals surface area contributed by atoms with Crippen molar-refractivity contribution in [2.24, 2.45) is 5.92 Å². The number of morpholine rings is 1. The van der Waals surface area contributed by atoms with Crippen LogP contribution in [0.1, 0.15) is 6.42 Å². The third-order valence-electron chi connectivity index (χ3n) is 6.69. The van der Waals surface area contributed by atoms with Crippen molar-refractivity contribution in [1.82, 2.24) is 20.3 Å². The minimum Gasteiger partial charge on any atom is -0.378 e. The summed E-state index contributed by atoms with van der Waals surface area (Å²) in [7, 11) is 0. The number of nitrogens with one attached hydrogen (secondary N) is 1. The Kier molecular flexibility index (Phi) is 4.50. The highest BCUT2D eigenvalue weighted by Gasteiger charge is 2.39. The first-order chi connectivity index (χ1) is 14.9. The van der Waals surface area contributed by atoms with E-state index in [1.54, 1.807) is 12.4 Å². The lowest BCUT2D eigenvalue weighted by atomic mass is 10.1. The molecule has 2 aromatic heterocycles. The molecule has 30 heavy (non-hydrogen) atoms. The molecule has 1 N–H and O–H groups in total. The number of nitrogens with zero attached hydrogens (tertiary/aromatic N) is 5. The van der Waals surface area contributed by atoms with Gasteiger partial charge in [0.15, 0.2) is 5.82 Å². The molecule has 0 bridgehead atoms. The van der Waals surface area contributed by atoms with Crippen molar-refractivity contribution < 1.29 is 4.74 Å². The molecule has 3 aliphatic heterocycles. The summed E-state index contributed by atoms with van der Waals surface area (Å²) in [6.07, 6.45) is 4.74. The van der Waals surface area contributed by atoms with E-state index < -0.39 is 0 Å². The molecule has 154 valence electrons. The maximum absolute atomic E-state index is 5.47. The zero-order valence-electron chi connectivity index (χ0n) is 17.0. The Morgan fingerprint density at radius 1 is 0.967 bits per heavy atom. The van der Waals surface area contributed by atoms with Crippen LogP contribution in [0.25, 0.3) is 22.3 Å².